The van der Waals surface area contributed by atoms with Crippen molar-refractivity contribution >= 4 is 5.78 Å². The molecule has 0 heterocycles. The van der Waals surface area contributed by atoms with E-state index < -0.39 is 0 Å². The molecule has 0 aliphatic carbocycles. The molecule has 0 bridgehead atoms. The van der Waals surface area contributed by atoms with Gasteiger partial charge in [0.15, 0.2) is 0 Å². The fraction of sp³-hybridized carbons (Fsp3) is 0.917. The van der Waals surface area contributed by atoms with E-state index in [-0.39, 0.29) is 0 Å². The molecule has 0 fully saturated rings. The first kappa shape index (κ1) is 13.6. The van der Waals surface area contributed by atoms with Crippen molar-refractivity contribution in [3.63, 3.8) is 0 Å². The van der Waals surface area contributed by atoms with Gasteiger partial charge >= 0.3 is 0 Å². The zero-order chi connectivity index (χ0) is 10.8. The molecule has 2 nitrogen and oxygen atoms in total. The third kappa shape index (κ3) is 7.07. The number of ketones is 1. The van der Waals surface area contributed by atoms with Crippen LogP contribution in [0, 0.1) is 5.92 Å². The molecule has 14 heavy (non-hydrogen) atoms. The Hall–Kier alpha value is -0.370. The molecule has 0 aromatic rings. The molecule has 0 radical (unpaired) electrons. The molecule has 0 aromatic heterocycles. The minimum Gasteiger partial charge on any atom is -0.384 e. The molecule has 0 aromatic carbocycles. The highest BCUT2D eigenvalue weighted by atomic mass is 16.5. The number of rotatable bonds is 9. The summed E-state index contributed by atoms with van der Waals surface area (Å²) in [7, 11) is 1.64. The Morgan fingerprint density at radius 3 is 2.21 bits per heavy atom. The smallest absolute Gasteiger partial charge is 0.135 e. The lowest BCUT2D eigenvalue weighted by atomic mass is 9.92. The molecule has 2 heteroatoms. The van der Waals surface area contributed by atoms with Crippen molar-refractivity contribution in [3.8, 4) is 0 Å². The molecular formula is C12H24O2. The van der Waals surface area contributed by atoms with E-state index in [1.807, 2.05) is 0 Å². The van der Waals surface area contributed by atoms with Gasteiger partial charge in [-0.3, -0.25) is 4.79 Å². The second-order valence-corrected chi connectivity index (χ2v) is 3.93. The minimum absolute atomic E-state index is 0.360. The predicted molar refractivity (Wildman–Crippen MR) is 59.4 cm³/mol. The summed E-state index contributed by atoms with van der Waals surface area (Å²) in [5.41, 5.74) is 0. The average Bonchev–Trinajstić information content (AvgIpc) is 2.15. The van der Waals surface area contributed by atoms with Crippen LogP contribution in [0.2, 0.25) is 0 Å². The largest absolute Gasteiger partial charge is 0.384 e. The van der Waals surface area contributed by atoms with Crippen molar-refractivity contribution < 1.29 is 9.53 Å². The Labute approximate surface area is 88.0 Å². The SMILES string of the molecule is CCCC(CCC)CC(=O)CCOC. The van der Waals surface area contributed by atoms with Gasteiger partial charge in [-0.05, 0) is 5.92 Å². The number of methoxy groups -OCH3 is 1. The summed E-state index contributed by atoms with van der Waals surface area (Å²) in [5, 5.41) is 0. The molecule has 84 valence electrons. The van der Waals surface area contributed by atoms with Crippen LogP contribution in [-0.2, 0) is 9.53 Å². The van der Waals surface area contributed by atoms with Crippen molar-refractivity contribution in [1.82, 2.24) is 0 Å². The van der Waals surface area contributed by atoms with Gasteiger partial charge in [-0.1, -0.05) is 39.5 Å². The Bertz CT molecular complexity index is 137. The molecule has 0 spiro atoms. The molecule has 0 saturated carbocycles. The molecule has 0 atom stereocenters. The van der Waals surface area contributed by atoms with E-state index in [1.165, 1.54) is 25.7 Å². The van der Waals surface area contributed by atoms with Crippen LogP contribution in [0.1, 0.15) is 52.4 Å². The zero-order valence-corrected chi connectivity index (χ0v) is 9.84. The highest BCUT2D eigenvalue weighted by Gasteiger charge is 2.11. The van der Waals surface area contributed by atoms with Gasteiger partial charge in [0.1, 0.15) is 5.78 Å². The van der Waals surface area contributed by atoms with E-state index in [2.05, 4.69) is 13.8 Å². The number of Topliss-reactive ketones (excluding diaryl/α,β-unsaturated/α-hetero) is 1. The molecule has 0 rings (SSSR count). The summed E-state index contributed by atoms with van der Waals surface area (Å²) in [5.74, 6) is 0.966. The lowest BCUT2D eigenvalue weighted by Crippen LogP contribution is -2.10. The molecule has 0 N–H and O–H groups in total. The van der Waals surface area contributed by atoms with Crippen LogP contribution in [-0.4, -0.2) is 19.5 Å². The lowest BCUT2D eigenvalue weighted by Gasteiger charge is -2.13. The van der Waals surface area contributed by atoms with Crippen molar-refractivity contribution in [2.75, 3.05) is 13.7 Å². The molecule has 0 saturated heterocycles. The van der Waals surface area contributed by atoms with Crippen LogP contribution in [0.5, 0.6) is 0 Å². The van der Waals surface area contributed by atoms with Gasteiger partial charge in [0.05, 0.1) is 6.61 Å². The number of hydrogen-bond acceptors (Lipinski definition) is 2. The van der Waals surface area contributed by atoms with Crippen LogP contribution in [0.25, 0.3) is 0 Å². The van der Waals surface area contributed by atoms with Crippen molar-refractivity contribution in [1.29, 1.82) is 0 Å². The average molecular weight is 200 g/mol. The topological polar surface area (TPSA) is 26.3 Å². The maximum absolute atomic E-state index is 11.5. The third-order valence-electron chi connectivity index (χ3n) is 2.50. The van der Waals surface area contributed by atoms with Gasteiger partial charge in [0.25, 0.3) is 0 Å². The van der Waals surface area contributed by atoms with Gasteiger partial charge in [-0.15, -0.1) is 0 Å². The van der Waals surface area contributed by atoms with Gasteiger partial charge in [0.2, 0.25) is 0 Å². The summed E-state index contributed by atoms with van der Waals surface area (Å²) in [6.45, 7) is 4.94. The summed E-state index contributed by atoms with van der Waals surface area (Å²) < 4.78 is 4.89. The third-order valence-corrected chi connectivity index (χ3v) is 2.50. The van der Waals surface area contributed by atoms with Crippen molar-refractivity contribution in [2.24, 2.45) is 5.92 Å². The first-order chi connectivity index (χ1) is 6.74. The van der Waals surface area contributed by atoms with Crippen molar-refractivity contribution in [2.45, 2.75) is 52.4 Å². The standard InChI is InChI=1S/C12H24O2/c1-4-6-11(7-5-2)10-12(13)8-9-14-3/h11H,4-10H2,1-3H3. The molecular weight excluding hydrogens is 176 g/mol. The number of hydrogen-bond donors (Lipinski definition) is 0. The number of carbonyl (C=O) groups excluding carboxylic acids is 1. The molecule has 0 amide bonds. The fourth-order valence-corrected chi connectivity index (χ4v) is 1.80. The maximum atomic E-state index is 11.5. The van der Waals surface area contributed by atoms with Crippen LogP contribution in [0.3, 0.4) is 0 Å². The van der Waals surface area contributed by atoms with Gasteiger partial charge in [0, 0.05) is 20.0 Å². The van der Waals surface area contributed by atoms with Gasteiger partial charge in [-0.2, -0.15) is 0 Å². The Balaban J connectivity index is 3.71. The van der Waals surface area contributed by atoms with Gasteiger partial charge in [-0.25, -0.2) is 0 Å². The number of carbonyl (C=O) groups is 1. The van der Waals surface area contributed by atoms with E-state index in [4.69, 9.17) is 4.74 Å². The first-order valence-corrected chi connectivity index (χ1v) is 5.75. The fourth-order valence-electron chi connectivity index (χ4n) is 1.80. The Morgan fingerprint density at radius 2 is 1.79 bits per heavy atom. The van der Waals surface area contributed by atoms with Gasteiger partial charge < -0.3 is 4.74 Å². The minimum atomic E-state index is 0.360. The van der Waals surface area contributed by atoms with Crippen LogP contribution < -0.4 is 0 Å². The normalized spacial score (nSPS) is 10.9. The zero-order valence-electron chi connectivity index (χ0n) is 9.84. The highest BCUT2D eigenvalue weighted by molar-refractivity contribution is 5.78. The van der Waals surface area contributed by atoms with E-state index in [1.54, 1.807) is 7.11 Å². The first-order valence-electron chi connectivity index (χ1n) is 5.75. The lowest BCUT2D eigenvalue weighted by molar-refractivity contribution is -0.120. The quantitative estimate of drug-likeness (QED) is 0.571. The predicted octanol–water partition coefficient (Wildman–Crippen LogP) is 3.20. The molecule has 0 aliphatic rings. The maximum Gasteiger partial charge on any atom is 0.135 e. The second kappa shape index (κ2) is 9.20. The summed E-state index contributed by atoms with van der Waals surface area (Å²) in [6, 6.07) is 0. The van der Waals surface area contributed by atoms with Crippen LogP contribution in [0.15, 0.2) is 0 Å². The van der Waals surface area contributed by atoms with E-state index in [9.17, 15) is 4.79 Å². The monoisotopic (exact) mass is 200 g/mol. The Kier molecular flexibility index (Phi) is 8.95. The molecule has 0 unspecified atom stereocenters. The summed E-state index contributed by atoms with van der Waals surface area (Å²) in [6.07, 6.45) is 6.08. The van der Waals surface area contributed by atoms with Crippen molar-refractivity contribution in [3.05, 3.63) is 0 Å². The van der Waals surface area contributed by atoms with E-state index in [0.717, 1.165) is 6.42 Å². The highest BCUT2D eigenvalue weighted by Crippen LogP contribution is 2.18. The number of ether oxygens (including phenoxy) is 1. The van der Waals surface area contributed by atoms with Crippen LogP contribution >= 0.6 is 0 Å². The second-order valence-electron chi connectivity index (χ2n) is 3.93. The Morgan fingerprint density at radius 1 is 1.21 bits per heavy atom. The summed E-state index contributed by atoms with van der Waals surface area (Å²) >= 11 is 0. The molecule has 0 aliphatic heterocycles. The van der Waals surface area contributed by atoms with E-state index in [0.29, 0.717) is 24.7 Å². The van der Waals surface area contributed by atoms with E-state index >= 15 is 0 Å². The van der Waals surface area contributed by atoms with Crippen LogP contribution in [0.4, 0.5) is 0 Å². The summed E-state index contributed by atoms with van der Waals surface area (Å²) in [4.78, 5) is 11.5.